The van der Waals surface area contributed by atoms with Gasteiger partial charge in [0.25, 0.3) is 5.91 Å². The highest BCUT2D eigenvalue weighted by atomic mass is 35.5. The third-order valence-corrected chi connectivity index (χ3v) is 6.08. The molecule has 26 heavy (non-hydrogen) atoms. The molecule has 0 radical (unpaired) electrons. The van der Waals surface area contributed by atoms with E-state index in [1.54, 1.807) is 0 Å². The van der Waals surface area contributed by atoms with Crippen LogP contribution in [0.5, 0.6) is 0 Å². The summed E-state index contributed by atoms with van der Waals surface area (Å²) in [6, 6.07) is 3.98. The normalized spacial score (nSPS) is 18.7. The largest absolute Gasteiger partial charge is 0.452 e. The van der Waals surface area contributed by atoms with E-state index in [-0.39, 0.29) is 34.7 Å². The minimum atomic E-state index is -3.12. The van der Waals surface area contributed by atoms with Gasteiger partial charge in [-0.25, -0.2) is 13.2 Å². The quantitative estimate of drug-likeness (QED) is 0.573. The van der Waals surface area contributed by atoms with E-state index in [0.29, 0.717) is 18.0 Å². The molecule has 7 nitrogen and oxygen atoms in total. The summed E-state index contributed by atoms with van der Waals surface area (Å²) in [7, 11) is -3.12. The molecule has 1 aliphatic heterocycles. The Morgan fingerprint density at radius 2 is 2.08 bits per heavy atom. The van der Waals surface area contributed by atoms with Gasteiger partial charge in [-0.15, -0.1) is 0 Å². The van der Waals surface area contributed by atoms with Crippen molar-refractivity contribution in [2.75, 3.05) is 30.4 Å². The van der Waals surface area contributed by atoms with E-state index in [9.17, 15) is 18.0 Å². The van der Waals surface area contributed by atoms with Crippen molar-refractivity contribution >= 4 is 39.0 Å². The Labute approximate surface area is 158 Å². The zero-order valence-corrected chi connectivity index (χ0v) is 16.3. The number of anilines is 1. The summed E-state index contributed by atoms with van der Waals surface area (Å²) in [5.74, 6) is -0.966. The number of hydrogen-bond donors (Lipinski definition) is 1. The summed E-state index contributed by atoms with van der Waals surface area (Å²) in [5, 5.41) is 0.390. The van der Waals surface area contributed by atoms with Gasteiger partial charge in [0, 0.05) is 23.3 Å². The molecule has 0 aromatic heterocycles. The van der Waals surface area contributed by atoms with Crippen LogP contribution >= 0.6 is 11.6 Å². The van der Waals surface area contributed by atoms with Gasteiger partial charge in [-0.05, 0) is 30.5 Å². The van der Waals surface area contributed by atoms with E-state index in [4.69, 9.17) is 22.1 Å². The predicted molar refractivity (Wildman–Crippen MR) is 99.8 cm³/mol. The van der Waals surface area contributed by atoms with Gasteiger partial charge in [0.05, 0.1) is 17.1 Å². The Morgan fingerprint density at radius 3 is 2.62 bits per heavy atom. The third kappa shape index (κ3) is 5.35. The SMILES string of the molecule is CC(C)CN(C(=O)COC(=O)c1ccc(Cl)cc1N)[C@H]1CCS(=O)(=O)C1. The van der Waals surface area contributed by atoms with E-state index in [1.807, 2.05) is 13.8 Å². The van der Waals surface area contributed by atoms with Crippen molar-refractivity contribution in [2.45, 2.75) is 26.3 Å². The Kier molecular flexibility index (Phi) is 6.52. The maximum absolute atomic E-state index is 12.6. The predicted octanol–water partition coefficient (Wildman–Crippen LogP) is 1.75. The molecule has 1 aromatic carbocycles. The number of hydrogen-bond acceptors (Lipinski definition) is 6. The van der Waals surface area contributed by atoms with Gasteiger partial charge in [0.1, 0.15) is 0 Å². The van der Waals surface area contributed by atoms with Gasteiger partial charge in [0.15, 0.2) is 16.4 Å². The van der Waals surface area contributed by atoms with Crippen molar-refractivity contribution in [2.24, 2.45) is 5.92 Å². The summed E-state index contributed by atoms with van der Waals surface area (Å²) in [5.41, 5.74) is 6.03. The van der Waals surface area contributed by atoms with Gasteiger partial charge in [-0.3, -0.25) is 4.79 Å². The smallest absolute Gasteiger partial charge is 0.340 e. The first-order valence-electron chi connectivity index (χ1n) is 8.31. The highest BCUT2D eigenvalue weighted by Crippen LogP contribution is 2.21. The second-order valence-electron chi connectivity index (χ2n) is 6.80. The first-order chi connectivity index (χ1) is 12.1. The van der Waals surface area contributed by atoms with Crippen LogP contribution in [-0.4, -0.2) is 55.9 Å². The molecule has 9 heteroatoms. The van der Waals surface area contributed by atoms with Gasteiger partial charge in [-0.2, -0.15) is 0 Å². The Hall–Kier alpha value is -1.80. The van der Waals surface area contributed by atoms with E-state index >= 15 is 0 Å². The number of ether oxygens (including phenoxy) is 1. The molecule has 1 aliphatic rings. The summed E-state index contributed by atoms with van der Waals surface area (Å²) < 4.78 is 28.5. The van der Waals surface area contributed by atoms with E-state index in [2.05, 4.69) is 0 Å². The summed E-state index contributed by atoms with van der Waals surface area (Å²) in [6.07, 6.45) is 0.402. The highest BCUT2D eigenvalue weighted by molar-refractivity contribution is 7.91. The summed E-state index contributed by atoms with van der Waals surface area (Å²) in [4.78, 5) is 26.2. The number of nitrogens with two attached hydrogens (primary N) is 1. The maximum atomic E-state index is 12.6. The molecule has 0 aliphatic carbocycles. The van der Waals surface area contributed by atoms with Crippen molar-refractivity contribution in [3.63, 3.8) is 0 Å². The summed E-state index contributed by atoms with van der Waals surface area (Å²) >= 11 is 5.79. The molecular weight excluding hydrogens is 380 g/mol. The number of rotatable bonds is 6. The topological polar surface area (TPSA) is 107 Å². The lowest BCUT2D eigenvalue weighted by molar-refractivity contribution is -0.137. The van der Waals surface area contributed by atoms with Gasteiger partial charge >= 0.3 is 5.97 Å². The van der Waals surface area contributed by atoms with E-state index in [1.165, 1.54) is 23.1 Å². The molecule has 1 saturated heterocycles. The second-order valence-corrected chi connectivity index (χ2v) is 9.47. The zero-order chi connectivity index (χ0) is 19.5. The number of amides is 1. The van der Waals surface area contributed by atoms with Gasteiger partial charge < -0.3 is 15.4 Å². The number of carbonyl (C=O) groups is 2. The lowest BCUT2D eigenvalue weighted by Gasteiger charge is -2.29. The van der Waals surface area contributed by atoms with Crippen LogP contribution in [0.25, 0.3) is 0 Å². The van der Waals surface area contributed by atoms with Crippen LogP contribution in [0.4, 0.5) is 5.69 Å². The number of halogens is 1. The lowest BCUT2D eigenvalue weighted by atomic mass is 10.1. The average Bonchev–Trinajstić information content (AvgIpc) is 2.89. The monoisotopic (exact) mass is 402 g/mol. The number of esters is 1. The molecule has 1 atom stereocenters. The number of carbonyl (C=O) groups excluding carboxylic acids is 2. The molecule has 0 unspecified atom stereocenters. The fourth-order valence-corrected chi connectivity index (χ4v) is 4.79. The molecule has 1 aromatic rings. The zero-order valence-electron chi connectivity index (χ0n) is 14.8. The second kappa shape index (κ2) is 8.26. The average molecular weight is 403 g/mol. The van der Waals surface area contributed by atoms with Crippen molar-refractivity contribution in [1.82, 2.24) is 4.90 Å². The molecule has 1 amide bonds. The van der Waals surface area contributed by atoms with Crippen molar-refractivity contribution < 1.29 is 22.7 Å². The van der Waals surface area contributed by atoms with Crippen molar-refractivity contribution in [3.05, 3.63) is 28.8 Å². The van der Waals surface area contributed by atoms with Gasteiger partial charge in [-0.1, -0.05) is 25.4 Å². The first-order valence-corrected chi connectivity index (χ1v) is 10.5. The standard InChI is InChI=1S/C17H23ClN2O5S/c1-11(2)8-20(13-5-6-26(23,24)10-13)16(21)9-25-17(22)14-4-3-12(18)7-15(14)19/h3-4,7,11,13H,5-6,8-10,19H2,1-2H3/t13-/m0/s1. The molecule has 0 saturated carbocycles. The van der Waals surface area contributed by atoms with Crippen LogP contribution in [0.15, 0.2) is 18.2 Å². The molecule has 0 bridgehead atoms. The Balaban J connectivity index is 2.03. The minimum absolute atomic E-state index is 0.0520. The lowest BCUT2D eigenvalue weighted by Crippen LogP contribution is -2.45. The van der Waals surface area contributed by atoms with Crippen molar-refractivity contribution in [3.8, 4) is 0 Å². The number of sulfone groups is 1. The molecule has 2 N–H and O–H groups in total. The molecule has 1 heterocycles. The third-order valence-electron chi connectivity index (χ3n) is 4.09. The fraction of sp³-hybridized carbons (Fsp3) is 0.529. The number of nitrogen functional groups attached to an aromatic ring is 1. The minimum Gasteiger partial charge on any atom is -0.452 e. The van der Waals surface area contributed by atoms with Crippen molar-refractivity contribution in [1.29, 1.82) is 0 Å². The molecular formula is C17H23ClN2O5S. The summed E-state index contributed by atoms with van der Waals surface area (Å²) in [6.45, 7) is 3.80. The highest BCUT2D eigenvalue weighted by Gasteiger charge is 2.35. The molecule has 144 valence electrons. The molecule has 2 rings (SSSR count). The van der Waals surface area contributed by atoms with Crippen LogP contribution in [0, 0.1) is 5.92 Å². The van der Waals surface area contributed by atoms with Crippen LogP contribution in [-0.2, 0) is 19.4 Å². The Bertz CT molecular complexity index is 794. The van der Waals surface area contributed by atoms with Crippen LogP contribution in [0.2, 0.25) is 5.02 Å². The van der Waals surface area contributed by atoms with Crippen LogP contribution in [0.3, 0.4) is 0 Å². The van der Waals surface area contributed by atoms with E-state index < -0.39 is 28.3 Å². The van der Waals surface area contributed by atoms with Gasteiger partial charge in [0.2, 0.25) is 0 Å². The molecule has 1 fully saturated rings. The fourth-order valence-electron chi connectivity index (χ4n) is 2.88. The van der Waals surface area contributed by atoms with E-state index in [0.717, 1.165) is 0 Å². The van der Waals surface area contributed by atoms with Crippen LogP contribution < -0.4 is 5.73 Å². The Morgan fingerprint density at radius 1 is 1.38 bits per heavy atom. The number of nitrogens with zero attached hydrogens (tertiary/aromatic N) is 1. The maximum Gasteiger partial charge on any atom is 0.340 e. The molecule has 0 spiro atoms. The first kappa shape index (κ1) is 20.5. The number of benzene rings is 1. The van der Waals surface area contributed by atoms with Crippen LogP contribution in [0.1, 0.15) is 30.6 Å².